The highest BCUT2D eigenvalue weighted by molar-refractivity contribution is 5.69. The van der Waals surface area contributed by atoms with Crippen LogP contribution in [0.3, 0.4) is 0 Å². The number of hydrogen-bond acceptors (Lipinski definition) is 2. The number of carbonyl (C=O) groups is 1. The van der Waals surface area contributed by atoms with Crippen molar-refractivity contribution in [3.8, 4) is 0 Å². The number of ether oxygens (including phenoxy) is 1. The van der Waals surface area contributed by atoms with Crippen molar-refractivity contribution in [2.75, 3.05) is 0 Å². The quantitative estimate of drug-likeness (QED) is 0.378. The summed E-state index contributed by atoms with van der Waals surface area (Å²) in [6.45, 7) is 8.16. The topological polar surface area (TPSA) is 26.3 Å². The number of rotatable bonds is 6. The van der Waals surface area contributed by atoms with Crippen LogP contribution in [0.15, 0.2) is 24.0 Å². The summed E-state index contributed by atoms with van der Waals surface area (Å²) in [5.74, 6) is 0.133. The van der Waals surface area contributed by atoms with Crippen molar-refractivity contribution in [1.82, 2.24) is 0 Å². The van der Waals surface area contributed by atoms with E-state index in [1.807, 2.05) is 6.08 Å². The third kappa shape index (κ3) is 7.98. The number of hydrogen-bond donors (Lipinski definition) is 0. The van der Waals surface area contributed by atoms with Crippen LogP contribution in [0.25, 0.3) is 0 Å². The van der Waals surface area contributed by atoms with Gasteiger partial charge in [0.05, 0.1) is 6.26 Å². The van der Waals surface area contributed by atoms with Gasteiger partial charge in [0.2, 0.25) is 0 Å². The molecular formula is C13H22O2. The molecule has 0 fully saturated rings. The lowest BCUT2D eigenvalue weighted by Crippen LogP contribution is -1.96. The molecule has 0 rings (SSSR count). The van der Waals surface area contributed by atoms with Crippen molar-refractivity contribution in [3.05, 3.63) is 24.0 Å². The van der Waals surface area contributed by atoms with Crippen LogP contribution in [0.5, 0.6) is 0 Å². The lowest BCUT2D eigenvalue weighted by atomic mass is 10.1. The average molecular weight is 210 g/mol. The molecule has 0 spiro atoms. The summed E-state index contributed by atoms with van der Waals surface area (Å²) >= 11 is 0. The molecule has 0 saturated carbocycles. The Balaban J connectivity index is 3.96. The molecule has 2 nitrogen and oxygen atoms in total. The maximum atomic E-state index is 10.8. The highest BCUT2D eigenvalue weighted by atomic mass is 16.5. The molecule has 0 aliphatic heterocycles. The molecule has 0 aromatic rings. The first-order valence-electron chi connectivity index (χ1n) is 5.63. The van der Waals surface area contributed by atoms with Crippen molar-refractivity contribution in [3.63, 3.8) is 0 Å². The molecule has 86 valence electrons. The molecule has 0 N–H and O–H groups in total. The van der Waals surface area contributed by atoms with Gasteiger partial charge in [-0.05, 0) is 25.3 Å². The molecule has 1 unspecified atom stereocenters. The Morgan fingerprint density at radius 2 is 2.07 bits per heavy atom. The summed E-state index contributed by atoms with van der Waals surface area (Å²) in [5, 5.41) is 0. The third-order valence-electron chi connectivity index (χ3n) is 2.06. The van der Waals surface area contributed by atoms with E-state index in [4.69, 9.17) is 4.74 Å². The minimum Gasteiger partial charge on any atom is -0.435 e. The maximum Gasteiger partial charge on any atom is 0.310 e. The van der Waals surface area contributed by atoms with Crippen molar-refractivity contribution in [2.45, 2.75) is 47.0 Å². The van der Waals surface area contributed by atoms with Crippen LogP contribution >= 0.6 is 0 Å². The van der Waals surface area contributed by atoms with Gasteiger partial charge in [0.25, 0.3) is 0 Å². The van der Waals surface area contributed by atoms with Gasteiger partial charge in [-0.2, -0.15) is 0 Å². The predicted molar refractivity (Wildman–Crippen MR) is 63.4 cm³/mol. The zero-order chi connectivity index (χ0) is 11.7. The highest BCUT2D eigenvalue weighted by Gasteiger charge is 1.96. The third-order valence-corrected chi connectivity index (χ3v) is 2.06. The van der Waals surface area contributed by atoms with E-state index in [1.54, 1.807) is 6.92 Å². The second-order valence-corrected chi connectivity index (χ2v) is 3.79. The SMILES string of the molecule is CCC/C(C)=C/C(C)/C=C/OC(=O)CC. The molecule has 0 saturated heterocycles. The Kier molecular flexibility index (Phi) is 7.69. The van der Waals surface area contributed by atoms with Gasteiger partial charge in [-0.3, -0.25) is 4.79 Å². The molecule has 0 radical (unpaired) electrons. The Morgan fingerprint density at radius 3 is 2.60 bits per heavy atom. The summed E-state index contributed by atoms with van der Waals surface area (Å²) in [4.78, 5) is 10.8. The van der Waals surface area contributed by atoms with Crippen LogP contribution in [0.2, 0.25) is 0 Å². The highest BCUT2D eigenvalue weighted by Crippen LogP contribution is 2.09. The second-order valence-electron chi connectivity index (χ2n) is 3.79. The fourth-order valence-electron chi connectivity index (χ4n) is 1.30. The zero-order valence-electron chi connectivity index (χ0n) is 10.2. The van der Waals surface area contributed by atoms with Gasteiger partial charge in [0.15, 0.2) is 0 Å². The van der Waals surface area contributed by atoms with Crippen LogP contribution < -0.4 is 0 Å². The van der Waals surface area contributed by atoms with E-state index in [0.717, 1.165) is 6.42 Å². The monoisotopic (exact) mass is 210 g/mol. The molecule has 0 aromatic carbocycles. The minimum absolute atomic E-state index is 0.187. The van der Waals surface area contributed by atoms with Gasteiger partial charge in [-0.25, -0.2) is 0 Å². The van der Waals surface area contributed by atoms with Crippen LogP contribution in [0.4, 0.5) is 0 Å². The molecule has 0 aliphatic rings. The maximum absolute atomic E-state index is 10.8. The molecule has 0 aliphatic carbocycles. The Bertz CT molecular complexity index is 239. The van der Waals surface area contributed by atoms with E-state index >= 15 is 0 Å². The fraction of sp³-hybridized carbons (Fsp3) is 0.615. The number of esters is 1. The number of allylic oxidation sites excluding steroid dienone is 3. The summed E-state index contributed by atoms with van der Waals surface area (Å²) < 4.78 is 4.85. The Morgan fingerprint density at radius 1 is 1.40 bits per heavy atom. The van der Waals surface area contributed by atoms with E-state index in [-0.39, 0.29) is 5.97 Å². The van der Waals surface area contributed by atoms with Gasteiger partial charge < -0.3 is 4.74 Å². The first-order valence-corrected chi connectivity index (χ1v) is 5.63. The normalized spacial score (nSPS) is 14.3. The van der Waals surface area contributed by atoms with Gasteiger partial charge in [0, 0.05) is 6.42 Å². The van der Waals surface area contributed by atoms with Crippen molar-refractivity contribution in [2.24, 2.45) is 5.92 Å². The van der Waals surface area contributed by atoms with Gasteiger partial charge in [-0.15, -0.1) is 0 Å². The minimum atomic E-state index is -0.187. The Hall–Kier alpha value is -1.05. The predicted octanol–water partition coefficient (Wildman–Crippen LogP) is 3.84. The van der Waals surface area contributed by atoms with Crippen molar-refractivity contribution < 1.29 is 9.53 Å². The standard InChI is InChI=1S/C13H22O2/c1-5-7-11(3)10-12(4)8-9-15-13(14)6-2/h8-10,12H,5-7H2,1-4H3/b9-8+,11-10+. The zero-order valence-corrected chi connectivity index (χ0v) is 10.2. The molecule has 0 aromatic heterocycles. The lowest BCUT2D eigenvalue weighted by molar-refractivity contribution is -0.137. The molecule has 1 atom stereocenters. The smallest absolute Gasteiger partial charge is 0.310 e. The van der Waals surface area contributed by atoms with E-state index in [2.05, 4.69) is 26.8 Å². The van der Waals surface area contributed by atoms with Gasteiger partial charge in [0.1, 0.15) is 0 Å². The second kappa shape index (κ2) is 8.27. The Labute approximate surface area is 93.0 Å². The van der Waals surface area contributed by atoms with Crippen LogP contribution in [0, 0.1) is 5.92 Å². The van der Waals surface area contributed by atoms with Crippen LogP contribution in [-0.2, 0) is 9.53 Å². The first-order chi connectivity index (χ1) is 7.10. The summed E-state index contributed by atoms with van der Waals surface area (Å²) in [6.07, 6.45) is 8.30. The molecule has 0 amide bonds. The van der Waals surface area contributed by atoms with E-state index in [1.165, 1.54) is 18.3 Å². The first kappa shape index (κ1) is 13.9. The molecular weight excluding hydrogens is 188 g/mol. The molecule has 2 heteroatoms. The summed E-state index contributed by atoms with van der Waals surface area (Å²) in [7, 11) is 0. The number of carbonyl (C=O) groups excluding carboxylic acids is 1. The van der Waals surface area contributed by atoms with Crippen LogP contribution in [-0.4, -0.2) is 5.97 Å². The lowest BCUT2D eigenvalue weighted by Gasteiger charge is -2.02. The molecule has 0 bridgehead atoms. The molecule has 15 heavy (non-hydrogen) atoms. The summed E-state index contributed by atoms with van der Waals surface area (Å²) in [5.41, 5.74) is 1.39. The van der Waals surface area contributed by atoms with E-state index in [0.29, 0.717) is 12.3 Å². The van der Waals surface area contributed by atoms with E-state index in [9.17, 15) is 4.79 Å². The van der Waals surface area contributed by atoms with Crippen LogP contribution in [0.1, 0.15) is 47.0 Å². The van der Waals surface area contributed by atoms with E-state index < -0.39 is 0 Å². The summed E-state index contributed by atoms with van der Waals surface area (Å²) in [6, 6.07) is 0. The van der Waals surface area contributed by atoms with Crippen molar-refractivity contribution >= 4 is 5.97 Å². The van der Waals surface area contributed by atoms with Gasteiger partial charge in [-0.1, -0.05) is 38.8 Å². The van der Waals surface area contributed by atoms with Crippen molar-refractivity contribution in [1.29, 1.82) is 0 Å². The fourth-order valence-corrected chi connectivity index (χ4v) is 1.30. The van der Waals surface area contributed by atoms with Gasteiger partial charge >= 0.3 is 5.97 Å². The molecule has 0 heterocycles. The largest absolute Gasteiger partial charge is 0.435 e. The average Bonchev–Trinajstić information content (AvgIpc) is 2.17.